The molecule has 0 aliphatic carbocycles. The van der Waals surface area contributed by atoms with E-state index in [9.17, 15) is 9.59 Å². The highest BCUT2D eigenvalue weighted by atomic mass is 35.5. The monoisotopic (exact) mass is 459 g/mol. The van der Waals surface area contributed by atoms with Crippen LogP contribution in [0.1, 0.15) is 5.76 Å². The van der Waals surface area contributed by atoms with Crippen molar-refractivity contribution in [2.24, 2.45) is 0 Å². The van der Waals surface area contributed by atoms with Crippen LogP contribution in [0.2, 0.25) is 10.0 Å². The first-order chi connectivity index (χ1) is 14.5. The molecule has 0 radical (unpaired) electrons. The number of furan rings is 1. The number of amides is 1. The van der Waals surface area contributed by atoms with Crippen LogP contribution in [0, 0.1) is 0 Å². The van der Waals surface area contributed by atoms with Crippen molar-refractivity contribution in [3.63, 3.8) is 0 Å². The fraction of sp³-hybridized carbons (Fsp3) is 0.0952. The van der Waals surface area contributed by atoms with Gasteiger partial charge in [0.05, 0.1) is 40.2 Å². The second-order valence-corrected chi connectivity index (χ2v) is 8.08. The van der Waals surface area contributed by atoms with E-state index in [0.717, 1.165) is 11.8 Å². The number of halogens is 2. The molecule has 1 amide bonds. The van der Waals surface area contributed by atoms with Gasteiger partial charge in [-0.25, -0.2) is 4.98 Å². The quantitative estimate of drug-likeness (QED) is 0.334. The van der Waals surface area contributed by atoms with Crippen LogP contribution in [0.25, 0.3) is 16.6 Å². The number of nitrogens with one attached hydrogen (secondary N) is 1. The third-order valence-corrected chi connectivity index (χ3v) is 5.74. The van der Waals surface area contributed by atoms with Gasteiger partial charge in [-0.15, -0.1) is 0 Å². The van der Waals surface area contributed by atoms with Gasteiger partial charge in [-0.3, -0.25) is 14.2 Å². The average Bonchev–Trinajstić information content (AvgIpc) is 3.25. The Kier molecular flexibility index (Phi) is 6.13. The van der Waals surface area contributed by atoms with Crippen LogP contribution < -0.4 is 10.9 Å². The van der Waals surface area contributed by atoms with Crippen LogP contribution in [-0.2, 0) is 11.3 Å². The van der Waals surface area contributed by atoms with E-state index in [1.807, 2.05) is 0 Å². The number of para-hydroxylation sites is 1. The van der Waals surface area contributed by atoms with E-state index in [-0.39, 0.29) is 23.8 Å². The summed E-state index contributed by atoms with van der Waals surface area (Å²) in [6.07, 6.45) is 1.55. The highest BCUT2D eigenvalue weighted by molar-refractivity contribution is 7.99. The van der Waals surface area contributed by atoms with Gasteiger partial charge in [0.15, 0.2) is 5.16 Å². The number of fused-ring (bicyclic) bond motifs is 1. The lowest BCUT2D eigenvalue weighted by Crippen LogP contribution is -2.26. The Bertz CT molecular complexity index is 1270. The first kappa shape index (κ1) is 20.5. The molecular weight excluding hydrogens is 445 g/mol. The van der Waals surface area contributed by atoms with E-state index in [0.29, 0.717) is 37.6 Å². The third-order valence-electron chi connectivity index (χ3n) is 4.27. The van der Waals surface area contributed by atoms with Crippen molar-refractivity contribution in [3.8, 4) is 5.69 Å². The Balaban J connectivity index is 1.67. The zero-order chi connectivity index (χ0) is 21.1. The van der Waals surface area contributed by atoms with Gasteiger partial charge in [0.25, 0.3) is 5.56 Å². The summed E-state index contributed by atoms with van der Waals surface area (Å²) in [4.78, 5) is 30.1. The Hall–Kier alpha value is -2.74. The minimum Gasteiger partial charge on any atom is -0.467 e. The van der Waals surface area contributed by atoms with Gasteiger partial charge in [-0.2, -0.15) is 0 Å². The third kappa shape index (κ3) is 4.38. The summed E-state index contributed by atoms with van der Waals surface area (Å²) in [7, 11) is 0. The van der Waals surface area contributed by atoms with Crippen molar-refractivity contribution in [3.05, 3.63) is 87.0 Å². The fourth-order valence-corrected chi connectivity index (χ4v) is 4.19. The number of thioether (sulfide) groups is 1. The van der Waals surface area contributed by atoms with Crippen LogP contribution >= 0.6 is 35.0 Å². The van der Waals surface area contributed by atoms with Crippen molar-refractivity contribution < 1.29 is 9.21 Å². The number of carbonyl (C=O) groups is 1. The number of hydrogen-bond donors (Lipinski definition) is 1. The zero-order valence-corrected chi connectivity index (χ0v) is 17.8. The summed E-state index contributed by atoms with van der Waals surface area (Å²) in [5.41, 5.74) is 0.716. The van der Waals surface area contributed by atoms with Gasteiger partial charge < -0.3 is 9.73 Å². The average molecular weight is 460 g/mol. The zero-order valence-electron chi connectivity index (χ0n) is 15.5. The van der Waals surface area contributed by atoms with Crippen molar-refractivity contribution in [1.29, 1.82) is 0 Å². The Morgan fingerprint density at radius 3 is 2.73 bits per heavy atom. The predicted molar refractivity (Wildman–Crippen MR) is 119 cm³/mol. The molecule has 2 aromatic heterocycles. The van der Waals surface area contributed by atoms with Crippen molar-refractivity contribution in [2.45, 2.75) is 11.7 Å². The van der Waals surface area contributed by atoms with E-state index >= 15 is 0 Å². The van der Waals surface area contributed by atoms with E-state index in [4.69, 9.17) is 27.6 Å². The molecule has 9 heteroatoms. The standard InChI is InChI=1S/C21H15Cl2N3O3S/c22-13-7-8-18(16(23)10-13)26-20(28)15-5-1-2-6-17(15)25-21(26)30-12-19(27)24-11-14-4-3-9-29-14/h1-10H,11-12H2,(H,24,27). The molecule has 0 saturated carbocycles. The highest BCUT2D eigenvalue weighted by Crippen LogP contribution is 2.28. The summed E-state index contributed by atoms with van der Waals surface area (Å²) in [5.74, 6) is 0.506. The van der Waals surface area contributed by atoms with Crippen LogP contribution in [0.3, 0.4) is 0 Å². The summed E-state index contributed by atoms with van der Waals surface area (Å²) >= 11 is 13.5. The Labute approximate surface area is 185 Å². The highest BCUT2D eigenvalue weighted by Gasteiger charge is 2.17. The molecule has 2 aromatic carbocycles. The molecule has 0 aliphatic heterocycles. The lowest BCUT2D eigenvalue weighted by Gasteiger charge is -2.14. The molecule has 0 fully saturated rings. The predicted octanol–water partition coefficient (Wildman–Crippen LogP) is 4.69. The van der Waals surface area contributed by atoms with Crippen LogP contribution in [0.5, 0.6) is 0 Å². The minimum absolute atomic E-state index is 0.0662. The summed E-state index contributed by atoms with van der Waals surface area (Å²) in [5, 5.41) is 4.35. The fourth-order valence-electron chi connectivity index (χ4n) is 2.86. The molecule has 30 heavy (non-hydrogen) atoms. The second-order valence-electron chi connectivity index (χ2n) is 6.29. The normalized spacial score (nSPS) is 11.0. The molecule has 2 heterocycles. The lowest BCUT2D eigenvalue weighted by atomic mass is 10.2. The van der Waals surface area contributed by atoms with Gasteiger partial charge >= 0.3 is 0 Å². The maximum atomic E-state index is 13.2. The molecule has 152 valence electrons. The smallest absolute Gasteiger partial charge is 0.266 e. The number of nitrogens with zero attached hydrogens (tertiary/aromatic N) is 2. The maximum absolute atomic E-state index is 13.2. The van der Waals surface area contributed by atoms with Crippen LogP contribution in [0.4, 0.5) is 0 Å². The molecule has 1 N–H and O–H groups in total. The SMILES string of the molecule is O=C(CSc1nc2ccccc2c(=O)n1-c1ccc(Cl)cc1Cl)NCc1ccco1. The first-order valence-electron chi connectivity index (χ1n) is 8.92. The van der Waals surface area contributed by atoms with Crippen molar-refractivity contribution in [2.75, 3.05) is 5.75 Å². The van der Waals surface area contributed by atoms with Gasteiger partial charge in [0.2, 0.25) is 5.91 Å². The largest absolute Gasteiger partial charge is 0.467 e. The number of rotatable bonds is 6. The summed E-state index contributed by atoms with van der Waals surface area (Å²) in [6.45, 7) is 0.285. The summed E-state index contributed by atoms with van der Waals surface area (Å²) in [6, 6.07) is 15.4. The Morgan fingerprint density at radius 1 is 1.13 bits per heavy atom. The number of hydrogen-bond acceptors (Lipinski definition) is 5. The maximum Gasteiger partial charge on any atom is 0.266 e. The first-order valence-corrected chi connectivity index (χ1v) is 10.7. The number of aromatic nitrogens is 2. The molecular formula is C21H15Cl2N3O3S. The molecule has 4 rings (SSSR count). The van der Waals surface area contributed by atoms with Gasteiger partial charge in [0.1, 0.15) is 5.76 Å². The minimum atomic E-state index is -0.275. The molecule has 6 nitrogen and oxygen atoms in total. The number of carbonyl (C=O) groups excluding carboxylic acids is 1. The summed E-state index contributed by atoms with van der Waals surface area (Å²) < 4.78 is 6.61. The van der Waals surface area contributed by atoms with Gasteiger partial charge in [-0.1, -0.05) is 47.1 Å². The molecule has 0 saturated heterocycles. The van der Waals surface area contributed by atoms with E-state index < -0.39 is 0 Å². The van der Waals surface area contributed by atoms with Gasteiger partial charge in [0, 0.05) is 5.02 Å². The Morgan fingerprint density at radius 2 is 1.97 bits per heavy atom. The lowest BCUT2D eigenvalue weighted by molar-refractivity contribution is -0.118. The number of benzene rings is 2. The van der Waals surface area contributed by atoms with E-state index in [1.54, 1.807) is 60.9 Å². The molecule has 0 atom stereocenters. The molecule has 0 unspecified atom stereocenters. The van der Waals surface area contributed by atoms with Crippen molar-refractivity contribution in [1.82, 2.24) is 14.9 Å². The van der Waals surface area contributed by atoms with Gasteiger partial charge in [-0.05, 0) is 42.5 Å². The van der Waals surface area contributed by atoms with E-state index in [2.05, 4.69) is 10.3 Å². The topological polar surface area (TPSA) is 77.1 Å². The molecule has 0 spiro atoms. The van der Waals surface area contributed by atoms with Crippen LogP contribution in [-0.4, -0.2) is 21.2 Å². The van der Waals surface area contributed by atoms with Crippen LogP contribution in [0.15, 0.2) is 75.2 Å². The molecule has 0 bridgehead atoms. The molecule has 4 aromatic rings. The van der Waals surface area contributed by atoms with Crippen molar-refractivity contribution >= 4 is 51.8 Å². The van der Waals surface area contributed by atoms with E-state index in [1.165, 1.54) is 4.57 Å². The second kappa shape index (κ2) is 8.95. The molecule has 0 aliphatic rings.